The third-order valence-corrected chi connectivity index (χ3v) is 5.34. The molecule has 0 aromatic heterocycles. The van der Waals surface area contributed by atoms with E-state index < -0.39 is 21.8 Å². The first-order valence-corrected chi connectivity index (χ1v) is 9.31. The maximum absolute atomic E-state index is 12.5. The lowest BCUT2D eigenvalue weighted by molar-refractivity contribution is -0.137. The fourth-order valence-electron chi connectivity index (χ4n) is 2.59. The summed E-state index contributed by atoms with van der Waals surface area (Å²) in [7, 11) is -3.24. The molecule has 1 aliphatic rings. The van der Waals surface area contributed by atoms with Crippen molar-refractivity contribution in [3.63, 3.8) is 0 Å². The zero-order valence-corrected chi connectivity index (χ0v) is 14.0. The molecule has 2 rings (SSSR count). The van der Waals surface area contributed by atoms with Crippen LogP contribution in [0, 0.1) is 5.92 Å². The predicted octanol–water partition coefficient (Wildman–Crippen LogP) is 1.99. The molecular formula is C15H19F3N2O3S. The first-order chi connectivity index (χ1) is 11.1. The van der Waals surface area contributed by atoms with Gasteiger partial charge in [0.2, 0.25) is 15.9 Å². The average molecular weight is 364 g/mol. The highest BCUT2D eigenvalue weighted by molar-refractivity contribution is 7.88. The second kappa shape index (κ2) is 7.10. The number of halogens is 3. The Morgan fingerprint density at radius 3 is 2.21 bits per heavy atom. The summed E-state index contributed by atoms with van der Waals surface area (Å²) in [6, 6.07) is 4.61. The first kappa shape index (κ1) is 18.7. The Kier molecular flexibility index (Phi) is 5.54. The Bertz CT molecular complexity index is 679. The van der Waals surface area contributed by atoms with Gasteiger partial charge in [0, 0.05) is 25.6 Å². The molecule has 0 atom stereocenters. The van der Waals surface area contributed by atoms with E-state index in [1.807, 2.05) is 0 Å². The number of carbonyl (C=O) groups excluding carboxylic acids is 1. The molecule has 0 unspecified atom stereocenters. The molecule has 1 heterocycles. The van der Waals surface area contributed by atoms with Gasteiger partial charge >= 0.3 is 6.18 Å². The van der Waals surface area contributed by atoms with Gasteiger partial charge in [-0.2, -0.15) is 13.2 Å². The van der Waals surface area contributed by atoms with Crippen molar-refractivity contribution in [3.8, 4) is 0 Å². The van der Waals surface area contributed by atoms with Gasteiger partial charge in [-0.15, -0.1) is 0 Å². The zero-order chi connectivity index (χ0) is 18.0. The van der Waals surface area contributed by atoms with E-state index in [4.69, 9.17) is 0 Å². The lowest BCUT2D eigenvalue weighted by atomic mass is 9.97. The molecule has 1 aliphatic heterocycles. The van der Waals surface area contributed by atoms with E-state index in [9.17, 15) is 26.4 Å². The van der Waals surface area contributed by atoms with E-state index in [-0.39, 0.29) is 18.4 Å². The minimum absolute atomic E-state index is 0.142. The highest BCUT2D eigenvalue weighted by Crippen LogP contribution is 2.29. The lowest BCUT2D eigenvalue weighted by Crippen LogP contribution is -2.42. The Labute approximate surface area is 138 Å². The Hall–Kier alpha value is -1.61. The summed E-state index contributed by atoms with van der Waals surface area (Å²) in [5.41, 5.74) is -0.157. The van der Waals surface area contributed by atoms with Crippen molar-refractivity contribution in [1.29, 1.82) is 0 Å². The number of nitrogens with zero attached hydrogens (tertiary/aromatic N) is 1. The molecule has 1 aromatic rings. The van der Waals surface area contributed by atoms with Crippen molar-refractivity contribution in [2.24, 2.45) is 5.92 Å². The number of amides is 1. The summed E-state index contributed by atoms with van der Waals surface area (Å²) in [6.45, 7) is 0.748. The summed E-state index contributed by atoms with van der Waals surface area (Å²) < 4.78 is 61.6. The van der Waals surface area contributed by atoms with Crippen molar-refractivity contribution in [2.45, 2.75) is 25.6 Å². The van der Waals surface area contributed by atoms with E-state index >= 15 is 0 Å². The predicted molar refractivity (Wildman–Crippen MR) is 82.4 cm³/mol. The normalized spacial score (nSPS) is 17.7. The molecule has 24 heavy (non-hydrogen) atoms. The van der Waals surface area contributed by atoms with Crippen molar-refractivity contribution in [1.82, 2.24) is 9.62 Å². The van der Waals surface area contributed by atoms with Crippen molar-refractivity contribution in [3.05, 3.63) is 35.4 Å². The van der Waals surface area contributed by atoms with Gasteiger partial charge in [0.05, 0.1) is 11.8 Å². The lowest BCUT2D eigenvalue weighted by Gasteiger charge is -2.29. The maximum Gasteiger partial charge on any atom is 0.416 e. The second-order valence-electron chi connectivity index (χ2n) is 5.85. The van der Waals surface area contributed by atoms with Crippen LogP contribution in [0.3, 0.4) is 0 Å². The van der Waals surface area contributed by atoms with Gasteiger partial charge in [-0.25, -0.2) is 12.7 Å². The van der Waals surface area contributed by atoms with Gasteiger partial charge in [-0.05, 0) is 30.5 Å². The summed E-state index contributed by atoms with van der Waals surface area (Å²) in [4.78, 5) is 12.1. The van der Waals surface area contributed by atoms with Crippen LogP contribution in [0.4, 0.5) is 13.2 Å². The summed E-state index contributed by atoms with van der Waals surface area (Å²) in [5.74, 6) is -0.486. The number of hydrogen-bond acceptors (Lipinski definition) is 3. The largest absolute Gasteiger partial charge is 0.416 e. The van der Waals surface area contributed by atoms with Crippen LogP contribution >= 0.6 is 0 Å². The molecular weight excluding hydrogens is 345 g/mol. The van der Waals surface area contributed by atoms with E-state index in [1.54, 1.807) is 0 Å². The van der Waals surface area contributed by atoms with E-state index in [2.05, 4.69) is 5.32 Å². The number of nitrogens with one attached hydrogen (secondary N) is 1. The van der Waals surface area contributed by atoms with Gasteiger partial charge < -0.3 is 5.32 Å². The van der Waals surface area contributed by atoms with Crippen LogP contribution in [0.5, 0.6) is 0 Å². The molecule has 1 N–H and O–H groups in total. The maximum atomic E-state index is 12.5. The molecule has 9 heteroatoms. The Morgan fingerprint density at radius 1 is 1.21 bits per heavy atom. The summed E-state index contributed by atoms with van der Waals surface area (Å²) >= 11 is 0. The highest BCUT2D eigenvalue weighted by Gasteiger charge is 2.30. The van der Waals surface area contributed by atoms with Crippen LogP contribution in [-0.4, -0.2) is 38.0 Å². The molecule has 1 fully saturated rings. The quantitative estimate of drug-likeness (QED) is 0.889. The smallest absolute Gasteiger partial charge is 0.352 e. The van der Waals surface area contributed by atoms with Gasteiger partial charge in [0.25, 0.3) is 0 Å². The standard InChI is InChI=1S/C15H19F3N2O3S/c1-24(22,23)20-8-6-12(7-9-20)14(21)19-10-11-2-4-13(5-3-11)15(16,17)18/h2-5,12H,6-10H2,1H3,(H,19,21). The number of alkyl halides is 3. The molecule has 5 nitrogen and oxygen atoms in total. The van der Waals surface area contributed by atoms with Gasteiger partial charge in [0.1, 0.15) is 0 Å². The van der Waals surface area contributed by atoms with Crippen molar-refractivity contribution >= 4 is 15.9 Å². The zero-order valence-electron chi connectivity index (χ0n) is 13.1. The number of benzene rings is 1. The molecule has 0 aliphatic carbocycles. The molecule has 0 spiro atoms. The van der Waals surface area contributed by atoms with Crippen LogP contribution in [0.2, 0.25) is 0 Å². The van der Waals surface area contributed by atoms with Crippen LogP contribution in [0.15, 0.2) is 24.3 Å². The van der Waals surface area contributed by atoms with Gasteiger partial charge in [0.15, 0.2) is 0 Å². The molecule has 0 saturated carbocycles. The first-order valence-electron chi connectivity index (χ1n) is 7.46. The van der Waals surface area contributed by atoms with Crippen LogP contribution in [0.25, 0.3) is 0 Å². The van der Waals surface area contributed by atoms with Crippen molar-refractivity contribution in [2.75, 3.05) is 19.3 Å². The van der Waals surface area contributed by atoms with Gasteiger partial charge in [-0.1, -0.05) is 12.1 Å². The third kappa shape index (κ3) is 4.94. The fraction of sp³-hybridized carbons (Fsp3) is 0.533. The second-order valence-corrected chi connectivity index (χ2v) is 7.83. The van der Waals surface area contributed by atoms with Crippen LogP contribution in [0.1, 0.15) is 24.0 Å². The number of sulfonamides is 1. The summed E-state index contributed by atoms with van der Waals surface area (Å²) in [6.07, 6.45) is -2.37. The highest BCUT2D eigenvalue weighted by atomic mass is 32.2. The number of carbonyl (C=O) groups is 1. The van der Waals surface area contributed by atoms with E-state index in [0.29, 0.717) is 31.5 Å². The van der Waals surface area contributed by atoms with Gasteiger partial charge in [-0.3, -0.25) is 4.79 Å². The molecule has 134 valence electrons. The topological polar surface area (TPSA) is 66.5 Å². The molecule has 0 bridgehead atoms. The third-order valence-electron chi connectivity index (χ3n) is 4.04. The van der Waals surface area contributed by atoms with Crippen LogP contribution in [-0.2, 0) is 27.5 Å². The number of hydrogen-bond donors (Lipinski definition) is 1. The van der Waals surface area contributed by atoms with E-state index in [1.165, 1.54) is 16.4 Å². The van der Waals surface area contributed by atoms with Crippen molar-refractivity contribution < 1.29 is 26.4 Å². The molecule has 1 aromatic carbocycles. The Morgan fingerprint density at radius 2 is 1.75 bits per heavy atom. The Balaban J connectivity index is 1.84. The molecule has 1 amide bonds. The average Bonchev–Trinajstić information content (AvgIpc) is 2.51. The molecule has 0 radical (unpaired) electrons. The van der Waals surface area contributed by atoms with E-state index in [0.717, 1.165) is 18.4 Å². The number of piperidine rings is 1. The minimum atomic E-state index is -4.38. The van der Waals surface area contributed by atoms with Crippen LogP contribution < -0.4 is 5.32 Å². The minimum Gasteiger partial charge on any atom is -0.352 e. The number of rotatable bonds is 4. The fourth-order valence-corrected chi connectivity index (χ4v) is 3.47. The SMILES string of the molecule is CS(=O)(=O)N1CCC(C(=O)NCc2ccc(C(F)(F)F)cc2)CC1. The monoisotopic (exact) mass is 364 g/mol. The summed E-state index contributed by atoms with van der Waals surface area (Å²) in [5, 5.41) is 2.69. The molecule has 1 saturated heterocycles.